The lowest BCUT2D eigenvalue weighted by molar-refractivity contribution is -0.118. The Morgan fingerprint density at radius 1 is 1.06 bits per heavy atom. The predicted octanol–water partition coefficient (Wildman–Crippen LogP) is 2.73. The summed E-state index contributed by atoms with van der Waals surface area (Å²) < 4.78 is 0. The van der Waals surface area contributed by atoms with Crippen molar-refractivity contribution < 1.29 is 9.59 Å². The van der Waals surface area contributed by atoms with E-state index < -0.39 is 0 Å². The minimum absolute atomic E-state index is 0.109. The highest BCUT2D eigenvalue weighted by atomic mass is 16.1. The van der Waals surface area contributed by atoms with Gasteiger partial charge >= 0.3 is 0 Å². The lowest BCUT2D eigenvalue weighted by Gasteiger charge is -2.03. The van der Waals surface area contributed by atoms with E-state index in [0.29, 0.717) is 0 Å². The molecule has 0 saturated carbocycles. The number of hydrogen-bond donors (Lipinski definition) is 0. The van der Waals surface area contributed by atoms with Crippen LogP contribution in [0.3, 0.4) is 0 Å². The zero-order valence-electron chi connectivity index (χ0n) is 12.6. The van der Waals surface area contributed by atoms with Crippen LogP contribution in [-0.2, 0) is 9.59 Å². The molecule has 0 atom stereocenters. The first-order valence-corrected chi connectivity index (χ1v) is 6.23. The molecule has 0 fully saturated rings. The van der Waals surface area contributed by atoms with Gasteiger partial charge in [0.1, 0.15) is 0 Å². The molecule has 0 aromatic carbocycles. The summed E-state index contributed by atoms with van der Waals surface area (Å²) in [5.41, 5.74) is 0. The van der Waals surface area contributed by atoms with Crippen LogP contribution in [-0.4, -0.2) is 37.1 Å². The Morgan fingerprint density at radius 2 is 1.50 bits per heavy atom. The summed E-state index contributed by atoms with van der Waals surface area (Å²) in [7, 11) is 3.95. The first-order chi connectivity index (χ1) is 8.22. The van der Waals surface area contributed by atoms with Gasteiger partial charge in [0.05, 0.1) is 0 Å². The standard InChI is InChI=1S/C9H17NO.C6H10O/c1-8(2)9(11)6-5-7-10(3)4;1-4-6(7)5(2)3/h5-6,8H,7H2,1-4H3;4-5H,1H2,2-3H3/b6-5+;. The Kier molecular flexibility index (Phi) is 11.6. The van der Waals surface area contributed by atoms with Crippen molar-refractivity contribution in [3.63, 3.8) is 0 Å². The van der Waals surface area contributed by atoms with E-state index in [2.05, 4.69) is 6.58 Å². The predicted molar refractivity (Wildman–Crippen MR) is 77.6 cm³/mol. The molecular formula is C15H27NO2. The topological polar surface area (TPSA) is 37.4 Å². The van der Waals surface area contributed by atoms with Crippen LogP contribution in [0.15, 0.2) is 24.8 Å². The summed E-state index contributed by atoms with van der Waals surface area (Å²) in [5, 5.41) is 0. The lowest BCUT2D eigenvalue weighted by Crippen LogP contribution is -2.11. The van der Waals surface area contributed by atoms with Crippen LogP contribution in [0, 0.1) is 11.8 Å². The van der Waals surface area contributed by atoms with Gasteiger partial charge < -0.3 is 4.90 Å². The minimum atomic E-state index is 0.109. The second-order valence-corrected chi connectivity index (χ2v) is 4.98. The highest BCUT2D eigenvalue weighted by Crippen LogP contribution is 1.94. The van der Waals surface area contributed by atoms with Crippen molar-refractivity contribution in [3.8, 4) is 0 Å². The second kappa shape index (κ2) is 10.9. The van der Waals surface area contributed by atoms with Crippen molar-refractivity contribution in [1.82, 2.24) is 4.90 Å². The molecule has 0 aromatic heterocycles. The summed E-state index contributed by atoms with van der Waals surface area (Å²) in [6.45, 7) is 11.7. The van der Waals surface area contributed by atoms with Crippen molar-refractivity contribution >= 4 is 11.6 Å². The first-order valence-electron chi connectivity index (χ1n) is 6.23. The van der Waals surface area contributed by atoms with Gasteiger partial charge in [0.25, 0.3) is 0 Å². The Labute approximate surface area is 112 Å². The van der Waals surface area contributed by atoms with Crippen molar-refractivity contribution in [3.05, 3.63) is 24.8 Å². The van der Waals surface area contributed by atoms with Crippen LogP contribution in [0.4, 0.5) is 0 Å². The number of rotatable bonds is 6. The van der Waals surface area contributed by atoms with Crippen molar-refractivity contribution in [2.24, 2.45) is 11.8 Å². The summed E-state index contributed by atoms with van der Waals surface area (Å²) >= 11 is 0. The molecule has 18 heavy (non-hydrogen) atoms. The third-order valence-corrected chi connectivity index (χ3v) is 2.09. The third-order valence-electron chi connectivity index (χ3n) is 2.09. The average Bonchev–Trinajstić information content (AvgIpc) is 2.27. The zero-order chi connectivity index (χ0) is 14.7. The maximum atomic E-state index is 11.0. The van der Waals surface area contributed by atoms with E-state index in [9.17, 15) is 9.59 Å². The zero-order valence-corrected chi connectivity index (χ0v) is 12.6. The van der Waals surface area contributed by atoms with Gasteiger partial charge in [-0.05, 0) is 26.2 Å². The first kappa shape index (κ1) is 19.1. The van der Waals surface area contributed by atoms with Crippen LogP contribution in [0.25, 0.3) is 0 Å². The monoisotopic (exact) mass is 253 g/mol. The summed E-state index contributed by atoms with van der Waals surface area (Å²) in [6, 6.07) is 0. The molecule has 0 aliphatic rings. The van der Waals surface area contributed by atoms with Gasteiger partial charge in [-0.1, -0.05) is 40.3 Å². The quantitative estimate of drug-likeness (QED) is 0.683. The smallest absolute Gasteiger partial charge is 0.157 e. The van der Waals surface area contributed by atoms with Crippen molar-refractivity contribution in [2.75, 3.05) is 20.6 Å². The van der Waals surface area contributed by atoms with Gasteiger partial charge in [-0.25, -0.2) is 0 Å². The van der Waals surface area contributed by atoms with E-state index in [4.69, 9.17) is 0 Å². The van der Waals surface area contributed by atoms with E-state index in [0.717, 1.165) is 6.54 Å². The number of ketones is 2. The molecule has 0 radical (unpaired) electrons. The molecule has 0 unspecified atom stereocenters. The van der Waals surface area contributed by atoms with Crippen LogP contribution < -0.4 is 0 Å². The number of allylic oxidation sites excluding steroid dienone is 2. The molecule has 0 heterocycles. The molecule has 0 N–H and O–H groups in total. The van der Waals surface area contributed by atoms with Gasteiger partial charge in [-0.2, -0.15) is 0 Å². The fourth-order valence-electron chi connectivity index (χ4n) is 0.808. The third kappa shape index (κ3) is 12.8. The molecule has 0 aliphatic heterocycles. The molecule has 0 saturated heterocycles. The highest BCUT2D eigenvalue weighted by Gasteiger charge is 2.00. The molecule has 0 rings (SSSR count). The van der Waals surface area contributed by atoms with Gasteiger partial charge in [0.2, 0.25) is 0 Å². The number of nitrogens with zero attached hydrogens (tertiary/aromatic N) is 1. The van der Waals surface area contributed by atoms with E-state index in [1.165, 1.54) is 6.08 Å². The molecular weight excluding hydrogens is 226 g/mol. The Bertz CT molecular complexity index is 289. The number of likely N-dealkylation sites (N-methyl/N-ethyl adjacent to an activating group) is 1. The van der Waals surface area contributed by atoms with Crippen LogP contribution in [0.1, 0.15) is 27.7 Å². The number of hydrogen-bond acceptors (Lipinski definition) is 3. The van der Waals surface area contributed by atoms with E-state index in [-0.39, 0.29) is 23.4 Å². The fraction of sp³-hybridized carbons (Fsp3) is 0.600. The van der Waals surface area contributed by atoms with E-state index >= 15 is 0 Å². The number of carbonyl (C=O) groups is 2. The molecule has 0 amide bonds. The Balaban J connectivity index is 0. The van der Waals surface area contributed by atoms with Gasteiger partial charge in [-0.15, -0.1) is 0 Å². The normalized spacial score (nSPS) is 10.7. The van der Waals surface area contributed by atoms with Crippen LogP contribution >= 0.6 is 0 Å². The van der Waals surface area contributed by atoms with Gasteiger partial charge in [-0.3, -0.25) is 9.59 Å². The molecule has 3 heteroatoms. The molecule has 0 spiro atoms. The van der Waals surface area contributed by atoms with Crippen LogP contribution in [0.5, 0.6) is 0 Å². The summed E-state index contributed by atoms with van der Waals surface area (Å²) in [5.74, 6) is 0.540. The second-order valence-electron chi connectivity index (χ2n) is 4.98. The largest absolute Gasteiger partial charge is 0.306 e. The minimum Gasteiger partial charge on any atom is -0.306 e. The Hall–Kier alpha value is -1.22. The van der Waals surface area contributed by atoms with Crippen molar-refractivity contribution in [2.45, 2.75) is 27.7 Å². The summed E-state index contributed by atoms with van der Waals surface area (Å²) in [4.78, 5) is 23.4. The Morgan fingerprint density at radius 3 is 1.72 bits per heavy atom. The van der Waals surface area contributed by atoms with E-state index in [1.54, 1.807) is 6.08 Å². The van der Waals surface area contributed by atoms with Gasteiger partial charge in [0.15, 0.2) is 11.6 Å². The number of carbonyl (C=O) groups excluding carboxylic acids is 2. The average molecular weight is 253 g/mol. The summed E-state index contributed by atoms with van der Waals surface area (Å²) in [6.07, 6.45) is 4.90. The fourth-order valence-corrected chi connectivity index (χ4v) is 0.808. The maximum absolute atomic E-state index is 11.0. The molecule has 0 bridgehead atoms. The SMILES string of the molecule is C=CC(=O)C(C)C.CC(C)C(=O)/C=C/CN(C)C. The molecule has 0 aromatic rings. The highest BCUT2D eigenvalue weighted by molar-refractivity contribution is 5.91. The van der Waals surface area contributed by atoms with Crippen molar-refractivity contribution in [1.29, 1.82) is 0 Å². The molecule has 0 aliphatic carbocycles. The molecule has 3 nitrogen and oxygen atoms in total. The van der Waals surface area contributed by atoms with E-state index in [1.807, 2.05) is 52.8 Å². The molecule has 104 valence electrons. The van der Waals surface area contributed by atoms with Crippen LogP contribution in [0.2, 0.25) is 0 Å². The lowest BCUT2D eigenvalue weighted by atomic mass is 10.1. The van der Waals surface area contributed by atoms with Gasteiger partial charge in [0, 0.05) is 18.4 Å². The maximum Gasteiger partial charge on any atom is 0.157 e.